The summed E-state index contributed by atoms with van der Waals surface area (Å²) in [5.41, 5.74) is 3.39. The van der Waals surface area contributed by atoms with E-state index in [0.717, 1.165) is 53.7 Å². The Morgan fingerprint density at radius 3 is 2.70 bits per heavy atom. The Kier molecular flexibility index (Phi) is 5.79. The second kappa shape index (κ2) is 8.25. The van der Waals surface area contributed by atoms with E-state index in [-0.39, 0.29) is 5.56 Å². The molecule has 1 aromatic carbocycles. The van der Waals surface area contributed by atoms with E-state index in [9.17, 15) is 4.79 Å². The van der Waals surface area contributed by atoms with Crippen LogP contribution in [-0.2, 0) is 6.54 Å². The number of unbranched alkanes of at least 4 members (excludes halogenated alkanes) is 2. The molecule has 142 valence electrons. The molecule has 27 heavy (non-hydrogen) atoms. The van der Waals surface area contributed by atoms with Crippen LogP contribution >= 0.6 is 0 Å². The van der Waals surface area contributed by atoms with E-state index in [0.29, 0.717) is 5.78 Å². The van der Waals surface area contributed by atoms with Gasteiger partial charge >= 0.3 is 0 Å². The van der Waals surface area contributed by atoms with Gasteiger partial charge in [0.05, 0.1) is 5.69 Å². The first-order chi connectivity index (χ1) is 13.2. The Labute approximate surface area is 159 Å². The third kappa shape index (κ3) is 3.54. The molecule has 0 saturated carbocycles. The van der Waals surface area contributed by atoms with Gasteiger partial charge in [0.1, 0.15) is 11.8 Å². The zero-order valence-electron chi connectivity index (χ0n) is 16.5. The van der Waals surface area contributed by atoms with Gasteiger partial charge in [0, 0.05) is 35.5 Å². The zero-order chi connectivity index (χ0) is 19.4. The van der Waals surface area contributed by atoms with Gasteiger partial charge in [-0.2, -0.15) is 0 Å². The first-order valence-corrected chi connectivity index (χ1v) is 9.75. The maximum atomic E-state index is 12.4. The van der Waals surface area contributed by atoms with Gasteiger partial charge in [-0.25, -0.2) is 4.98 Å². The second-order valence-corrected chi connectivity index (χ2v) is 6.42. The molecule has 0 aliphatic carbocycles. The van der Waals surface area contributed by atoms with Crippen molar-refractivity contribution < 1.29 is 4.42 Å². The minimum Gasteiger partial charge on any atom is -0.464 e. The predicted octanol–water partition coefficient (Wildman–Crippen LogP) is 5.43. The van der Waals surface area contributed by atoms with Crippen LogP contribution in [0.2, 0.25) is 0 Å². The molecule has 0 spiro atoms. The third-order valence-corrected chi connectivity index (χ3v) is 4.67. The number of fused-ring (bicyclic) bond motifs is 2. The Balaban J connectivity index is 0.00000102. The molecule has 4 aromatic rings. The summed E-state index contributed by atoms with van der Waals surface area (Å²) in [6.07, 6.45) is 6.93. The van der Waals surface area contributed by atoms with Crippen LogP contribution in [-0.4, -0.2) is 14.0 Å². The number of aromatic nitrogens is 3. The molecule has 3 aromatic heterocycles. The van der Waals surface area contributed by atoms with E-state index in [1.807, 2.05) is 51.2 Å². The monoisotopic (exact) mass is 365 g/mol. The second-order valence-electron chi connectivity index (χ2n) is 6.42. The van der Waals surface area contributed by atoms with Crippen molar-refractivity contribution in [2.45, 2.75) is 53.5 Å². The molecule has 0 fully saturated rings. The summed E-state index contributed by atoms with van der Waals surface area (Å²) in [4.78, 5) is 17.2. The van der Waals surface area contributed by atoms with E-state index in [1.54, 1.807) is 16.7 Å². The Bertz CT molecular complexity index is 1100. The largest absolute Gasteiger partial charge is 0.464 e. The molecule has 0 saturated heterocycles. The number of hydrogen-bond acceptors (Lipinski definition) is 3. The van der Waals surface area contributed by atoms with Crippen LogP contribution in [0.25, 0.3) is 28.0 Å². The topological polar surface area (TPSA) is 52.4 Å². The van der Waals surface area contributed by atoms with Crippen molar-refractivity contribution in [1.82, 2.24) is 14.0 Å². The highest BCUT2D eigenvalue weighted by atomic mass is 16.3. The van der Waals surface area contributed by atoms with E-state index in [2.05, 4.69) is 11.5 Å². The van der Waals surface area contributed by atoms with Gasteiger partial charge in [-0.15, -0.1) is 0 Å². The fourth-order valence-electron chi connectivity index (χ4n) is 3.31. The lowest BCUT2D eigenvalue weighted by Gasteiger charge is -2.11. The van der Waals surface area contributed by atoms with Crippen LogP contribution in [0, 0.1) is 6.92 Å². The van der Waals surface area contributed by atoms with Gasteiger partial charge in [0.15, 0.2) is 0 Å². The Morgan fingerprint density at radius 1 is 1.15 bits per heavy atom. The van der Waals surface area contributed by atoms with E-state index >= 15 is 0 Å². The number of nitrogens with zero attached hydrogens (tertiary/aromatic N) is 3. The summed E-state index contributed by atoms with van der Waals surface area (Å²) in [6, 6.07) is 9.54. The fourth-order valence-corrected chi connectivity index (χ4v) is 3.31. The molecule has 0 atom stereocenters. The fraction of sp³-hybridized carbons (Fsp3) is 0.364. The predicted molar refractivity (Wildman–Crippen MR) is 110 cm³/mol. The smallest absolute Gasteiger partial charge is 0.259 e. The standard InChI is InChI=1S/C20H21N3O2.C2H6/c1-3-4-7-10-22-14(2)11-19(24)23-12-17(21-20(22)23)16-13-25-18-9-6-5-8-15(16)18;1-2/h5-6,8-9,11-13H,3-4,7,10H2,1-2H3;1-2H3. The lowest BCUT2D eigenvalue weighted by molar-refractivity contribution is 0.590. The van der Waals surface area contributed by atoms with Gasteiger partial charge in [0.25, 0.3) is 5.56 Å². The molecule has 5 nitrogen and oxygen atoms in total. The number of aryl methyl sites for hydroxylation is 2. The Morgan fingerprint density at radius 2 is 1.93 bits per heavy atom. The summed E-state index contributed by atoms with van der Waals surface area (Å²) < 4.78 is 9.39. The van der Waals surface area contributed by atoms with Gasteiger partial charge in [-0.3, -0.25) is 9.20 Å². The van der Waals surface area contributed by atoms with E-state index in [1.165, 1.54) is 0 Å². The molecule has 4 rings (SSSR count). The van der Waals surface area contributed by atoms with Crippen LogP contribution in [0.1, 0.15) is 45.7 Å². The molecule has 0 N–H and O–H groups in total. The van der Waals surface area contributed by atoms with Crippen molar-refractivity contribution in [1.29, 1.82) is 0 Å². The molecule has 0 radical (unpaired) electrons. The Hall–Kier alpha value is -2.82. The molecular formula is C22H27N3O2. The first kappa shape index (κ1) is 19.0. The third-order valence-electron chi connectivity index (χ3n) is 4.67. The lowest BCUT2D eigenvalue weighted by atomic mass is 10.1. The molecule has 3 heterocycles. The number of imidazole rings is 1. The number of para-hydroxylation sites is 1. The van der Waals surface area contributed by atoms with Gasteiger partial charge in [0.2, 0.25) is 5.78 Å². The summed E-state index contributed by atoms with van der Waals surface area (Å²) in [5.74, 6) is 0.696. The van der Waals surface area contributed by atoms with Crippen molar-refractivity contribution in [2.24, 2.45) is 0 Å². The molecule has 0 aliphatic rings. The average molecular weight is 365 g/mol. The maximum absolute atomic E-state index is 12.4. The summed E-state index contributed by atoms with van der Waals surface area (Å²) in [5, 5.41) is 1.01. The van der Waals surface area contributed by atoms with Crippen molar-refractivity contribution >= 4 is 16.7 Å². The minimum atomic E-state index is -0.0502. The number of hydrogen-bond donors (Lipinski definition) is 0. The summed E-state index contributed by atoms with van der Waals surface area (Å²) in [7, 11) is 0. The number of furan rings is 1. The normalized spacial score (nSPS) is 11.0. The zero-order valence-corrected chi connectivity index (χ0v) is 16.5. The quantitative estimate of drug-likeness (QED) is 0.443. The SMILES string of the molecule is CC.CCCCCn1c(C)cc(=O)n2cc(-c3coc4ccccc34)nc12. The average Bonchev–Trinajstić information content (AvgIpc) is 3.30. The number of benzene rings is 1. The lowest BCUT2D eigenvalue weighted by Crippen LogP contribution is -2.18. The maximum Gasteiger partial charge on any atom is 0.259 e. The minimum absolute atomic E-state index is 0.0502. The van der Waals surface area contributed by atoms with Crippen LogP contribution < -0.4 is 5.56 Å². The molecule has 0 aliphatic heterocycles. The molecule has 0 amide bonds. The number of rotatable bonds is 5. The van der Waals surface area contributed by atoms with Gasteiger partial charge in [-0.1, -0.05) is 51.8 Å². The van der Waals surface area contributed by atoms with Crippen molar-refractivity contribution in [3.8, 4) is 11.3 Å². The molecule has 5 heteroatoms. The van der Waals surface area contributed by atoms with Crippen molar-refractivity contribution in [3.05, 3.63) is 58.8 Å². The van der Waals surface area contributed by atoms with Crippen molar-refractivity contribution in [3.63, 3.8) is 0 Å². The van der Waals surface area contributed by atoms with Gasteiger partial charge in [-0.05, 0) is 19.4 Å². The van der Waals surface area contributed by atoms with Crippen LogP contribution in [0.4, 0.5) is 0 Å². The highest BCUT2D eigenvalue weighted by Crippen LogP contribution is 2.29. The molecule has 0 bridgehead atoms. The van der Waals surface area contributed by atoms with E-state index < -0.39 is 0 Å². The van der Waals surface area contributed by atoms with Gasteiger partial charge < -0.3 is 8.98 Å². The summed E-state index contributed by atoms with van der Waals surface area (Å²) >= 11 is 0. The van der Waals surface area contributed by atoms with Crippen LogP contribution in [0.3, 0.4) is 0 Å². The highest BCUT2D eigenvalue weighted by Gasteiger charge is 2.15. The molecule has 0 unspecified atom stereocenters. The molecular weight excluding hydrogens is 338 g/mol. The van der Waals surface area contributed by atoms with Crippen LogP contribution in [0.5, 0.6) is 0 Å². The van der Waals surface area contributed by atoms with Crippen molar-refractivity contribution in [2.75, 3.05) is 0 Å². The van der Waals surface area contributed by atoms with E-state index in [4.69, 9.17) is 9.40 Å². The van der Waals surface area contributed by atoms with Crippen LogP contribution in [0.15, 0.2) is 52.0 Å². The highest BCUT2D eigenvalue weighted by molar-refractivity contribution is 5.93. The summed E-state index contributed by atoms with van der Waals surface area (Å²) in [6.45, 7) is 9.02. The first-order valence-electron chi connectivity index (χ1n) is 9.75.